The Hall–Kier alpha value is -1.57. The average Bonchev–Trinajstić information content (AvgIpc) is 3.11. The van der Waals surface area contributed by atoms with Gasteiger partial charge >= 0.3 is 0 Å². The van der Waals surface area contributed by atoms with Gasteiger partial charge in [0.15, 0.2) is 5.69 Å². The van der Waals surface area contributed by atoms with Gasteiger partial charge in [0, 0.05) is 41.1 Å². The van der Waals surface area contributed by atoms with Crippen LogP contribution in [0.1, 0.15) is 54.6 Å². The predicted octanol–water partition coefficient (Wildman–Crippen LogP) is 4.74. The van der Waals surface area contributed by atoms with Gasteiger partial charge in [-0.05, 0) is 43.9 Å². The van der Waals surface area contributed by atoms with Gasteiger partial charge in [-0.2, -0.15) is 5.10 Å². The number of rotatable bonds is 7. The van der Waals surface area contributed by atoms with Gasteiger partial charge in [-0.1, -0.05) is 28.8 Å². The van der Waals surface area contributed by atoms with E-state index in [1.54, 1.807) is 0 Å². The number of benzene rings is 1. The Morgan fingerprint density at radius 3 is 2.83 bits per heavy atom. The van der Waals surface area contributed by atoms with Crippen LogP contribution in [0, 0.1) is 0 Å². The number of aryl methyl sites for hydroxylation is 1. The first-order chi connectivity index (χ1) is 14.2. The van der Waals surface area contributed by atoms with E-state index in [-0.39, 0.29) is 5.91 Å². The van der Waals surface area contributed by atoms with Gasteiger partial charge in [0.05, 0.1) is 5.69 Å². The molecule has 0 spiro atoms. The summed E-state index contributed by atoms with van der Waals surface area (Å²) in [4.78, 5) is 13.0. The van der Waals surface area contributed by atoms with Crippen molar-refractivity contribution in [2.45, 2.75) is 51.7 Å². The monoisotopic (exact) mass is 480 g/mol. The number of nitrogens with zero attached hydrogens (tertiary/aromatic N) is 3. The SMILES string of the molecule is O=C(NN1CCCCC1)c1nn(CCCCCCl)c2c1COc1cc(Br)ccc1-2. The van der Waals surface area contributed by atoms with Gasteiger partial charge in [-0.15, -0.1) is 11.6 Å². The average molecular weight is 482 g/mol. The first-order valence-electron chi connectivity index (χ1n) is 10.3. The topological polar surface area (TPSA) is 59.4 Å². The number of hydrogen-bond acceptors (Lipinski definition) is 4. The smallest absolute Gasteiger partial charge is 0.286 e. The van der Waals surface area contributed by atoms with E-state index in [0.29, 0.717) is 18.2 Å². The van der Waals surface area contributed by atoms with Crippen molar-refractivity contribution in [3.05, 3.63) is 33.9 Å². The van der Waals surface area contributed by atoms with Gasteiger partial charge in [0.2, 0.25) is 0 Å². The van der Waals surface area contributed by atoms with Crippen molar-refractivity contribution < 1.29 is 9.53 Å². The van der Waals surface area contributed by atoms with Crippen LogP contribution < -0.4 is 10.2 Å². The number of alkyl halides is 1. The molecule has 1 aromatic heterocycles. The lowest BCUT2D eigenvalue weighted by Crippen LogP contribution is -2.45. The van der Waals surface area contributed by atoms with Gasteiger partial charge in [-0.3, -0.25) is 14.9 Å². The maximum absolute atomic E-state index is 13.0. The number of amides is 1. The molecule has 0 radical (unpaired) electrons. The number of nitrogens with one attached hydrogen (secondary N) is 1. The van der Waals surface area contributed by atoms with Crippen LogP contribution in [0.2, 0.25) is 0 Å². The number of fused-ring (bicyclic) bond motifs is 3. The lowest BCUT2D eigenvalue weighted by Gasteiger charge is -2.26. The van der Waals surface area contributed by atoms with Gasteiger partial charge in [0.25, 0.3) is 5.91 Å². The second-order valence-electron chi connectivity index (χ2n) is 7.57. The van der Waals surface area contributed by atoms with E-state index in [9.17, 15) is 4.79 Å². The minimum Gasteiger partial charge on any atom is -0.488 e. The van der Waals surface area contributed by atoms with Crippen LogP contribution in [0.25, 0.3) is 11.3 Å². The maximum atomic E-state index is 13.0. The van der Waals surface area contributed by atoms with Crippen LogP contribution in [0.4, 0.5) is 0 Å². The Morgan fingerprint density at radius 1 is 1.21 bits per heavy atom. The van der Waals surface area contributed by atoms with Crippen LogP contribution >= 0.6 is 27.5 Å². The zero-order valence-corrected chi connectivity index (χ0v) is 18.8. The van der Waals surface area contributed by atoms with Crippen molar-refractivity contribution in [3.8, 4) is 17.0 Å². The summed E-state index contributed by atoms with van der Waals surface area (Å²) in [5.41, 5.74) is 6.36. The van der Waals surface area contributed by atoms with E-state index < -0.39 is 0 Å². The molecule has 0 bridgehead atoms. The minimum absolute atomic E-state index is 0.146. The molecule has 4 rings (SSSR count). The molecule has 0 atom stereocenters. The molecule has 1 aromatic carbocycles. The Balaban J connectivity index is 1.64. The fraction of sp³-hybridized carbons (Fsp3) is 0.524. The number of unbranched alkanes of at least 4 members (excludes halogenated alkanes) is 2. The van der Waals surface area contributed by atoms with E-state index >= 15 is 0 Å². The number of hydrazine groups is 1. The third-order valence-corrected chi connectivity index (χ3v) is 6.22. The normalized spacial score (nSPS) is 16.1. The second-order valence-corrected chi connectivity index (χ2v) is 8.86. The summed E-state index contributed by atoms with van der Waals surface area (Å²) < 4.78 is 8.92. The van der Waals surface area contributed by atoms with Crippen LogP contribution in [0.15, 0.2) is 22.7 Å². The number of carbonyl (C=O) groups excluding carboxylic acids is 1. The summed E-state index contributed by atoms with van der Waals surface area (Å²) in [6, 6.07) is 5.99. The van der Waals surface area contributed by atoms with Crippen molar-refractivity contribution >= 4 is 33.4 Å². The largest absolute Gasteiger partial charge is 0.488 e. The molecule has 156 valence electrons. The Morgan fingerprint density at radius 2 is 2.03 bits per heavy atom. The molecule has 2 aliphatic heterocycles. The zero-order valence-electron chi connectivity index (χ0n) is 16.4. The highest BCUT2D eigenvalue weighted by atomic mass is 79.9. The first-order valence-corrected chi connectivity index (χ1v) is 11.6. The molecular weight excluding hydrogens is 456 g/mol. The van der Waals surface area contributed by atoms with E-state index in [1.165, 1.54) is 6.42 Å². The summed E-state index contributed by atoms with van der Waals surface area (Å²) in [6.07, 6.45) is 6.44. The van der Waals surface area contributed by atoms with Gasteiger partial charge < -0.3 is 4.74 Å². The van der Waals surface area contributed by atoms with Crippen LogP contribution in [-0.2, 0) is 13.2 Å². The third kappa shape index (κ3) is 4.62. The van der Waals surface area contributed by atoms with Crippen LogP contribution in [0.5, 0.6) is 5.75 Å². The number of piperidine rings is 1. The highest BCUT2D eigenvalue weighted by Gasteiger charge is 2.30. The first kappa shape index (κ1) is 20.7. The molecule has 0 saturated carbocycles. The lowest BCUT2D eigenvalue weighted by molar-refractivity contribution is 0.0741. The molecule has 0 unspecified atom stereocenters. The zero-order chi connectivity index (χ0) is 20.2. The molecule has 3 heterocycles. The van der Waals surface area contributed by atoms with Crippen molar-refractivity contribution in [1.29, 1.82) is 0 Å². The van der Waals surface area contributed by atoms with Crippen molar-refractivity contribution in [3.63, 3.8) is 0 Å². The molecule has 29 heavy (non-hydrogen) atoms. The number of hydrogen-bond donors (Lipinski definition) is 1. The van der Waals surface area contributed by atoms with E-state index in [2.05, 4.69) is 21.4 Å². The maximum Gasteiger partial charge on any atom is 0.286 e. The quantitative estimate of drug-likeness (QED) is 0.458. The molecule has 1 fully saturated rings. The molecule has 8 heteroatoms. The van der Waals surface area contributed by atoms with Crippen molar-refractivity contribution in [2.24, 2.45) is 0 Å². The van der Waals surface area contributed by atoms with Gasteiger partial charge in [0.1, 0.15) is 12.4 Å². The molecule has 1 saturated heterocycles. The minimum atomic E-state index is -0.146. The fourth-order valence-electron chi connectivity index (χ4n) is 3.98. The number of ether oxygens (including phenoxy) is 1. The third-order valence-electron chi connectivity index (χ3n) is 5.46. The molecule has 2 aliphatic rings. The second kappa shape index (κ2) is 9.49. The fourth-order valence-corrected chi connectivity index (χ4v) is 4.51. The molecular formula is C21H26BrClN4O2. The van der Waals surface area contributed by atoms with E-state index in [0.717, 1.165) is 78.8 Å². The summed E-state index contributed by atoms with van der Waals surface area (Å²) in [6.45, 7) is 2.88. The Labute approximate surface area is 184 Å². The summed E-state index contributed by atoms with van der Waals surface area (Å²) in [5.74, 6) is 1.34. The van der Waals surface area contributed by atoms with Crippen molar-refractivity contribution in [2.75, 3.05) is 19.0 Å². The predicted molar refractivity (Wildman–Crippen MR) is 117 cm³/mol. The number of carbonyl (C=O) groups is 1. The summed E-state index contributed by atoms with van der Waals surface area (Å²) in [7, 11) is 0. The molecule has 6 nitrogen and oxygen atoms in total. The molecule has 0 aliphatic carbocycles. The lowest BCUT2D eigenvalue weighted by atomic mass is 10.0. The standard InChI is InChI=1S/C21H26BrClN4O2/c22-15-7-8-16-18(13-15)29-14-17-19(21(28)25-26-10-4-2-5-11-26)24-27(20(16)17)12-6-1-3-9-23/h7-8,13H,1-6,9-12,14H2,(H,25,28). The molecule has 1 N–H and O–H groups in total. The summed E-state index contributed by atoms with van der Waals surface area (Å²) in [5, 5.41) is 6.74. The van der Waals surface area contributed by atoms with E-state index in [4.69, 9.17) is 21.4 Å². The van der Waals surface area contributed by atoms with Crippen LogP contribution in [-0.4, -0.2) is 39.7 Å². The molecule has 2 aromatic rings. The van der Waals surface area contributed by atoms with Gasteiger partial charge in [-0.25, -0.2) is 5.01 Å². The Bertz CT molecular complexity index is 880. The number of aromatic nitrogens is 2. The van der Waals surface area contributed by atoms with Crippen molar-refractivity contribution in [1.82, 2.24) is 20.2 Å². The highest BCUT2D eigenvalue weighted by molar-refractivity contribution is 9.10. The van der Waals surface area contributed by atoms with Crippen LogP contribution in [0.3, 0.4) is 0 Å². The highest BCUT2D eigenvalue weighted by Crippen LogP contribution is 2.40. The molecule has 1 amide bonds. The summed E-state index contributed by atoms with van der Waals surface area (Å²) >= 11 is 9.32. The number of halogens is 2. The van der Waals surface area contributed by atoms with E-state index in [1.807, 2.05) is 27.9 Å². The Kier molecular flexibility index (Phi) is 6.77.